The summed E-state index contributed by atoms with van der Waals surface area (Å²) in [6, 6.07) is 34.2. The second-order valence-electron chi connectivity index (χ2n) is 16.9. The highest BCUT2D eigenvalue weighted by Gasteiger charge is 2.58. The molecular formula is C46H53B2NO8Si. The fourth-order valence-electron chi connectivity index (χ4n) is 9.69. The van der Waals surface area contributed by atoms with Gasteiger partial charge in [-0.2, -0.15) is 0 Å². The zero-order valence-electron chi connectivity index (χ0n) is 33.8. The summed E-state index contributed by atoms with van der Waals surface area (Å²) in [4.78, 5) is 30.3. The van der Waals surface area contributed by atoms with Gasteiger partial charge in [0.15, 0.2) is 0 Å². The number of nitrogens with zero attached hydrogens (tertiary/aromatic N) is 1. The smallest absolute Gasteiger partial charge is 0.488 e. The van der Waals surface area contributed by atoms with Gasteiger partial charge in [-0.15, -0.1) is 0 Å². The predicted octanol–water partition coefficient (Wildman–Crippen LogP) is 5.61. The highest BCUT2D eigenvalue weighted by molar-refractivity contribution is 6.99. The maximum absolute atomic E-state index is 14.6. The van der Waals surface area contributed by atoms with Crippen LogP contribution < -0.4 is 20.7 Å². The molecule has 2 heterocycles. The van der Waals surface area contributed by atoms with Gasteiger partial charge in [-0.3, -0.25) is 14.5 Å². The molecule has 0 spiro atoms. The van der Waals surface area contributed by atoms with E-state index in [1.54, 1.807) is 24.3 Å². The maximum Gasteiger partial charge on any atom is 0.488 e. The quantitative estimate of drug-likeness (QED) is 0.0779. The Morgan fingerprint density at radius 2 is 1.57 bits per heavy atom. The number of benzene rings is 4. The van der Waals surface area contributed by atoms with Gasteiger partial charge in [-0.25, -0.2) is 0 Å². The Morgan fingerprint density at radius 3 is 2.19 bits per heavy atom. The number of carbonyl (C=O) groups is 2. The third-order valence-corrected chi connectivity index (χ3v) is 17.1. The zero-order valence-corrected chi connectivity index (χ0v) is 34.8. The lowest BCUT2D eigenvalue weighted by molar-refractivity contribution is -0.122. The van der Waals surface area contributed by atoms with E-state index in [-0.39, 0.29) is 53.1 Å². The Kier molecular flexibility index (Phi) is 12.4. The van der Waals surface area contributed by atoms with Crippen LogP contribution in [-0.2, 0) is 18.7 Å². The molecule has 2 saturated heterocycles. The van der Waals surface area contributed by atoms with E-state index in [0.29, 0.717) is 12.8 Å². The lowest BCUT2D eigenvalue weighted by atomic mass is 9.58. The van der Waals surface area contributed by atoms with E-state index in [0.717, 1.165) is 39.9 Å². The number of phenols is 1. The van der Waals surface area contributed by atoms with E-state index in [1.165, 1.54) is 22.6 Å². The molecule has 0 aromatic heterocycles. The van der Waals surface area contributed by atoms with Crippen LogP contribution in [0.15, 0.2) is 126 Å². The van der Waals surface area contributed by atoms with Crippen molar-refractivity contribution in [2.75, 3.05) is 11.5 Å². The Hall–Kier alpha value is -4.55. The molecule has 12 heteroatoms. The standard InChI is InChI=1S/C46H53B2NO8Si/c1-5-14-31(25-32-15-12-18-36(50)26-32)23-24-41-42-33(30-56-58(46(2,3)4,37-19-8-6-9-20-37)38-21-10-7-11-22-38)27-39-43(40(42)29-47(53)57-41)45(52)49(44(39)51)35-17-13-16-34(28-35)48(54)55/h6-13,15-22,25-26,28,39-41,43,50,53-55H,5,14,23-24,27,29-30H2,1-4H3/b31-25+/t39-,40+,41-,43-/m1/s1. The van der Waals surface area contributed by atoms with Crippen LogP contribution in [0.1, 0.15) is 65.4 Å². The molecule has 4 N–H and O–H groups in total. The van der Waals surface area contributed by atoms with E-state index in [1.807, 2.05) is 48.5 Å². The highest BCUT2D eigenvalue weighted by atomic mass is 28.4. The zero-order chi connectivity index (χ0) is 41.2. The number of imide groups is 1. The van der Waals surface area contributed by atoms with Crippen LogP contribution in [0.4, 0.5) is 5.69 Å². The van der Waals surface area contributed by atoms with Crippen LogP contribution >= 0.6 is 0 Å². The molecule has 4 aromatic rings. The summed E-state index contributed by atoms with van der Waals surface area (Å²) >= 11 is 0. The lowest BCUT2D eigenvalue weighted by Gasteiger charge is -2.46. The van der Waals surface area contributed by atoms with Gasteiger partial charge in [-0.05, 0) is 99.8 Å². The SMILES string of the molecule is CCC/C(=C\c1cccc(O)c1)CC[C@H]1OB(O)C[C@H]2C1=C(CO[Si](c1ccccc1)(c1ccccc1)C(C)(C)C)C[C@H]1C(=O)N(c3cccc(B(O)O)c3)C(=O)[C@H]12. The predicted molar refractivity (Wildman–Crippen MR) is 232 cm³/mol. The van der Waals surface area contributed by atoms with Gasteiger partial charge in [0.2, 0.25) is 11.8 Å². The Bertz CT molecular complexity index is 2130. The molecule has 300 valence electrons. The first-order valence-corrected chi connectivity index (χ1v) is 22.4. The molecule has 3 aliphatic rings. The van der Waals surface area contributed by atoms with E-state index in [9.17, 15) is 29.8 Å². The lowest BCUT2D eigenvalue weighted by Crippen LogP contribution is -2.66. The Labute approximate surface area is 343 Å². The van der Waals surface area contributed by atoms with Crippen molar-refractivity contribution >= 4 is 62.0 Å². The van der Waals surface area contributed by atoms with Gasteiger partial charge in [-0.1, -0.05) is 131 Å². The van der Waals surface area contributed by atoms with Crippen LogP contribution in [-0.4, -0.2) is 67.3 Å². The summed E-state index contributed by atoms with van der Waals surface area (Å²) in [6.45, 7) is 9.02. The summed E-state index contributed by atoms with van der Waals surface area (Å²) in [7, 11) is -5.94. The van der Waals surface area contributed by atoms with Crippen molar-refractivity contribution in [3.05, 3.63) is 131 Å². The van der Waals surface area contributed by atoms with Crippen LogP contribution in [0, 0.1) is 17.8 Å². The maximum atomic E-state index is 14.6. The van der Waals surface area contributed by atoms with Crippen molar-refractivity contribution in [3.8, 4) is 5.75 Å². The molecule has 2 aliphatic heterocycles. The van der Waals surface area contributed by atoms with Gasteiger partial charge in [0.25, 0.3) is 8.32 Å². The van der Waals surface area contributed by atoms with Crippen molar-refractivity contribution in [2.45, 2.75) is 77.3 Å². The monoisotopic (exact) mass is 797 g/mol. The van der Waals surface area contributed by atoms with Crippen LogP contribution in [0.2, 0.25) is 11.4 Å². The molecule has 58 heavy (non-hydrogen) atoms. The van der Waals surface area contributed by atoms with Crippen LogP contribution in [0.5, 0.6) is 5.75 Å². The second-order valence-corrected chi connectivity index (χ2v) is 21.2. The number of hydrogen-bond donors (Lipinski definition) is 4. The van der Waals surface area contributed by atoms with Gasteiger partial charge < -0.3 is 29.3 Å². The number of phenolic OH excluding ortho intramolecular Hbond substituents is 1. The summed E-state index contributed by atoms with van der Waals surface area (Å²) in [5.41, 5.74) is 4.39. The van der Waals surface area contributed by atoms with E-state index in [2.05, 4.69) is 58.0 Å². The van der Waals surface area contributed by atoms with E-state index in [4.69, 9.17) is 9.08 Å². The molecule has 4 aromatic carbocycles. The normalized spacial score (nSPS) is 21.3. The summed E-state index contributed by atoms with van der Waals surface area (Å²) in [5.74, 6) is -2.43. The fraction of sp³-hybridized carbons (Fsp3) is 0.348. The number of aromatic hydroxyl groups is 1. The number of carbonyl (C=O) groups excluding carboxylic acids is 2. The number of hydrogen-bond acceptors (Lipinski definition) is 8. The number of rotatable bonds is 13. The summed E-state index contributed by atoms with van der Waals surface area (Å²) in [6.07, 6.45) is 4.96. The second kappa shape index (κ2) is 17.4. The molecule has 0 unspecified atom stereocenters. The van der Waals surface area contributed by atoms with Crippen molar-refractivity contribution in [1.82, 2.24) is 0 Å². The topological polar surface area (TPSA) is 137 Å². The number of amides is 2. The molecule has 0 saturated carbocycles. The third-order valence-electron chi connectivity index (χ3n) is 12.2. The minimum Gasteiger partial charge on any atom is -0.508 e. The van der Waals surface area contributed by atoms with Crippen molar-refractivity contribution in [1.29, 1.82) is 0 Å². The Morgan fingerprint density at radius 1 is 0.897 bits per heavy atom. The van der Waals surface area contributed by atoms with Crippen molar-refractivity contribution in [2.24, 2.45) is 17.8 Å². The van der Waals surface area contributed by atoms with Gasteiger partial charge >= 0.3 is 14.2 Å². The summed E-state index contributed by atoms with van der Waals surface area (Å²) < 4.78 is 13.9. The van der Waals surface area contributed by atoms with Gasteiger partial charge in [0.05, 0.1) is 30.2 Å². The van der Waals surface area contributed by atoms with E-state index >= 15 is 0 Å². The average molecular weight is 798 g/mol. The molecule has 4 atom stereocenters. The molecule has 1 aliphatic carbocycles. The first kappa shape index (κ1) is 41.6. The number of anilines is 1. The minimum atomic E-state index is -3.03. The molecule has 2 fully saturated rings. The molecule has 0 radical (unpaired) electrons. The van der Waals surface area contributed by atoms with Crippen molar-refractivity contribution < 1.29 is 38.8 Å². The largest absolute Gasteiger partial charge is 0.508 e. The molecular weight excluding hydrogens is 744 g/mol. The molecule has 0 bridgehead atoms. The molecule has 9 nitrogen and oxygen atoms in total. The Balaban J connectivity index is 1.32. The highest BCUT2D eigenvalue weighted by Crippen LogP contribution is 2.52. The first-order chi connectivity index (χ1) is 27.8. The first-order valence-electron chi connectivity index (χ1n) is 20.4. The minimum absolute atomic E-state index is 0.152. The fourth-order valence-corrected chi connectivity index (χ4v) is 14.2. The van der Waals surface area contributed by atoms with Gasteiger partial charge in [0, 0.05) is 0 Å². The van der Waals surface area contributed by atoms with Gasteiger partial charge in [0.1, 0.15) is 5.75 Å². The average Bonchev–Trinajstić information content (AvgIpc) is 3.45. The van der Waals surface area contributed by atoms with Crippen LogP contribution in [0.3, 0.4) is 0 Å². The third kappa shape index (κ3) is 8.19. The molecule has 7 rings (SSSR count). The number of fused-ring (bicyclic) bond motifs is 3. The number of allylic oxidation sites excluding steroid dienone is 1. The van der Waals surface area contributed by atoms with E-state index < -0.39 is 46.4 Å². The molecule has 2 amide bonds. The van der Waals surface area contributed by atoms with Crippen molar-refractivity contribution in [3.63, 3.8) is 0 Å². The van der Waals surface area contributed by atoms with Crippen LogP contribution in [0.25, 0.3) is 6.08 Å². The summed E-state index contributed by atoms with van der Waals surface area (Å²) in [5, 5.41) is 43.3.